The lowest BCUT2D eigenvalue weighted by Crippen LogP contribution is -2.31. The lowest BCUT2D eigenvalue weighted by molar-refractivity contribution is -0.122. The first-order valence-electron chi connectivity index (χ1n) is 7.75. The lowest BCUT2D eigenvalue weighted by Gasteiger charge is -2.21. The molecule has 0 aromatic carbocycles. The summed E-state index contributed by atoms with van der Waals surface area (Å²) in [6.07, 6.45) is 8.34. The Labute approximate surface area is 112 Å². The van der Waals surface area contributed by atoms with E-state index >= 15 is 0 Å². The topological polar surface area (TPSA) is 32.3 Å². The van der Waals surface area contributed by atoms with E-state index in [1.807, 2.05) is 0 Å². The molecule has 0 radical (unpaired) electrons. The first kappa shape index (κ1) is 15.5. The molecule has 1 amide bonds. The molecular weight excluding hydrogens is 224 g/mol. The molecule has 0 spiro atoms. The molecule has 1 N–H and O–H groups in total. The Morgan fingerprint density at radius 1 is 1.17 bits per heavy atom. The zero-order valence-corrected chi connectivity index (χ0v) is 12.2. The normalized spacial score (nSPS) is 17.1. The molecule has 1 aliphatic carbocycles. The predicted octanol–water partition coefficient (Wildman–Crippen LogP) is 2.80. The smallest absolute Gasteiger partial charge is 0.220 e. The van der Waals surface area contributed by atoms with Crippen molar-refractivity contribution in [2.45, 2.75) is 58.8 Å². The average Bonchev–Trinajstić information content (AvgIpc) is 2.40. The Bertz CT molecular complexity index is 221. The standard InChI is InChI=1S/C15H30N2O/c1-3-17(4-2)12-8-11-16-15(18)13-14-9-6-5-7-10-14/h14H,3-13H2,1-2H3,(H,16,18). The van der Waals surface area contributed by atoms with Crippen molar-refractivity contribution in [3.63, 3.8) is 0 Å². The van der Waals surface area contributed by atoms with Crippen LogP contribution in [0.5, 0.6) is 0 Å². The number of nitrogens with one attached hydrogen (secondary N) is 1. The summed E-state index contributed by atoms with van der Waals surface area (Å²) in [5.41, 5.74) is 0. The van der Waals surface area contributed by atoms with Crippen LogP contribution in [0.2, 0.25) is 0 Å². The van der Waals surface area contributed by atoms with Gasteiger partial charge in [-0.3, -0.25) is 4.79 Å². The minimum absolute atomic E-state index is 0.265. The fourth-order valence-corrected chi connectivity index (χ4v) is 2.80. The van der Waals surface area contributed by atoms with Crippen LogP contribution in [0.15, 0.2) is 0 Å². The van der Waals surface area contributed by atoms with Gasteiger partial charge in [-0.25, -0.2) is 0 Å². The fraction of sp³-hybridized carbons (Fsp3) is 0.933. The SMILES string of the molecule is CCN(CC)CCCNC(=O)CC1CCCCC1. The van der Waals surface area contributed by atoms with Crippen LogP contribution in [0, 0.1) is 5.92 Å². The monoisotopic (exact) mass is 254 g/mol. The van der Waals surface area contributed by atoms with Crippen LogP contribution in [-0.4, -0.2) is 37.0 Å². The Balaban J connectivity index is 2.02. The molecular formula is C15H30N2O. The van der Waals surface area contributed by atoms with Crippen LogP contribution in [0.1, 0.15) is 58.8 Å². The van der Waals surface area contributed by atoms with E-state index in [9.17, 15) is 4.79 Å². The van der Waals surface area contributed by atoms with Crippen LogP contribution in [-0.2, 0) is 4.79 Å². The number of amides is 1. The van der Waals surface area contributed by atoms with E-state index in [-0.39, 0.29) is 5.91 Å². The Kier molecular flexibility index (Phi) is 8.06. The van der Waals surface area contributed by atoms with E-state index in [2.05, 4.69) is 24.1 Å². The predicted molar refractivity (Wildman–Crippen MR) is 76.6 cm³/mol. The minimum atomic E-state index is 0.265. The van der Waals surface area contributed by atoms with Crippen molar-refractivity contribution >= 4 is 5.91 Å². The molecule has 0 bridgehead atoms. The van der Waals surface area contributed by atoms with Crippen LogP contribution >= 0.6 is 0 Å². The second-order valence-electron chi connectivity index (χ2n) is 5.44. The van der Waals surface area contributed by atoms with Crippen molar-refractivity contribution < 1.29 is 4.79 Å². The van der Waals surface area contributed by atoms with Gasteiger partial charge in [-0.2, -0.15) is 0 Å². The van der Waals surface area contributed by atoms with Crippen LogP contribution in [0.25, 0.3) is 0 Å². The van der Waals surface area contributed by atoms with E-state index in [4.69, 9.17) is 0 Å². The minimum Gasteiger partial charge on any atom is -0.356 e. The summed E-state index contributed by atoms with van der Waals surface area (Å²) in [4.78, 5) is 14.2. The molecule has 0 aromatic heterocycles. The Hall–Kier alpha value is -0.570. The number of nitrogens with zero attached hydrogens (tertiary/aromatic N) is 1. The van der Waals surface area contributed by atoms with Gasteiger partial charge in [-0.15, -0.1) is 0 Å². The first-order valence-corrected chi connectivity index (χ1v) is 7.75. The maximum absolute atomic E-state index is 11.8. The molecule has 18 heavy (non-hydrogen) atoms. The Morgan fingerprint density at radius 3 is 2.44 bits per heavy atom. The van der Waals surface area contributed by atoms with E-state index in [1.165, 1.54) is 32.1 Å². The van der Waals surface area contributed by atoms with Crippen molar-refractivity contribution in [1.29, 1.82) is 0 Å². The molecule has 0 atom stereocenters. The van der Waals surface area contributed by atoms with Gasteiger partial charge in [0.05, 0.1) is 0 Å². The van der Waals surface area contributed by atoms with Gasteiger partial charge in [0.1, 0.15) is 0 Å². The maximum atomic E-state index is 11.8. The Morgan fingerprint density at radius 2 is 1.83 bits per heavy atom. The van der Waals surface area contributed by atoms with Crippen molar-refractivity contribution in [3.8, 4) is 0 Å². The van der Waals surface area contributed by atoms with Crippen LogP contribution in [0.3, 0.4) is 0 Å². The summed E-state index contributed by atoms with van der Waals surface area (Å²) < 4.78 is 0. The summed E-state index contributed by atoms with van der Waals surface area (Å²) in [5.74, 6) is 0.919. The summed E-state index contributed by atoms with van der Waals surface area (Å²) in [6.45, 7) is 8.51. The van der Waals surface area contributed by atoms with Gasteiger partial charge in [0.25, 0.3) is 0 Å². The molecule has 1 aliphatic rings. The largest absolute Gasteiger partial charge is 0.356 e. The first-order chi connectivity index (χ1) is 8.76. The highest BCUT2D eigenvalue weighted by atomic mass is 16.1. The third kappa shape index (κ3) is 6.39. The van der Waals surface area contributed by atoms with E-state index in [1.54, 1.807) is 0 Å². The fourth-order valence-electron chi connectivity index (χ4n) is 2.80. The molecule has 0 aliphatic heterocycles. The second kappa shape index (κ2) is 9.37. The molecule has 0 unspecified atom stereocenters. The van der Waals surface area contributed by atoms with Crippen molar-refractivity contribution in [3.05, 3.63) is 0 Å². The zero-order valence-electron chi connectivity index (χ0n) is 12.2. The van der Waals surface area contributed by atoms with E-state index in [0.29, 0.717) is 5.92 Å². The van der Waals surface area contributed by atoms with Crippen molar-refractivity contribution in [1.82, 2.24) is 10.2 Å². The van der Waals surface area contributed by atoms with Crippen LogP contribution < -0.4 is 5.32 Å². The maximum Gasteiger partial charge on any atom is 0.220 e. The molecule has 3 heteroatoms. The lowest BCUT2D eigenvalue weighted by atomic mass is 9.87. The summed E-state index contributed by atoms with van der Waals surface area (Å²) in [7, 11) is 0. The highest BCUT2D eigenvalue weighted by Crippen LogP contribution is 2.25. The van der Waals surface area contributed by atoms with Crippen molar-refractivity contribution in [2.75, 3.05) is 26.2 Å². The molecule has 0 heterocycles. The third-order valence-corrected chi connectivity index (χ3v) is 4.07. The highest BCUT2D eigenvalue weighted by molar-refractivity contribution is 5.76. The summed E-state index contributed by atoms with van der Waals surface area (Å²) >= 11 is 0. The van der Waals surface area contributed by atoms with Gasteiger partial charge in [0, 0.05) is 13.0 Å². The van der Waals surface area contributed by atoms with E-state index in [0.717, 1.165) is 39.0 Å². The number of hydrogen-bond donors (Lipinski definition) is 1. The third-order valence-electron chi connectivity index (χ3n) is 4.07. The number of carbonyl (C=O) groups excluding carboxylic acids is 1. The molecule has 1 saturated carbocycles. The quantitative estimate of drug-likeness (QED) is 0.676. The molecule has 3 nitrogen and oxygen atoms in total. The number of hydrogen-bond acceptors (Lipinski definition) is 2. The van der Waals surface area contributed by atoms with Gasteiger partial charge in [-0.05, 0) is 44.8 Å². The van der Waals surface area contributed by atoms with E-state index < -0.39 is 0 Å². The highest BCUT2D eigenvalue weighted by Gasteiger charge is 2.16. The molecule has 0 aromatic rings. The van der Waals surface area contributed by atoms with Gasteiger partial charge in [-0.1, -0.05) is 33.1 Å². The summed E-state index contributed by atoms with van der Waals surface area (Å²) in [5, 5.41) is 3.07. The molecule has 0 saturated heterocycles. The number of rotatable bonds is 8. The second-order valence-corrected chi connectivity index (χ2v) is 5.44. The van der Waals surface area contributed by atoms with Gasteiger partial charge in [0.2, 0.25) is 5.91 Å². The zero-order chi connectivity index (χ0) is 13.2. The van der Waals surface area contributed by atoms with Gasteiger partial charge < -0.3 is 10.2 Å². The van der Waals surface area contributed by atoms with Gasteiger partial charge in [0.15, 0.2) is 0 Å². The number of carbonyl (C=O) groups is 1. The summed E-state index contributed by atoms with van der Waals surface area (Å²) in [6, 6.07) is 0. The molecule has 1 fully saturated rings. The molecule has 1 rings (SSSR count). The average molecular weight is 254 g/mol. The molecule has 106 valence electrons. The van der Waals surface area contributed by atoms with Crippen LogP contribution in [0.4, 0.5) is 0 Å². The van der Waals surface area contributed by atoms with Crippen molar-refractivity contribution in [2.24, 2.45) is 5.92 Å². The van der Waals surface area contributed by atoms with Gasteiger partial charge >= 0.3 is 0 Å².